The van der Waals surface area contributed by atoms with Gasteiger partial charge < -0.3 is 5.32 Å². The predicted octanol–water partition coefficient (Wildman–Crippen LogP) is 4.17. The third-order valence-corrected chi connectivity index (χ3v) is 3.32. The van der Waals surface area contributed by atoms with Gasteiger partial charge in [-0.2, -0.15) is 0 Å². The lowest BCUT2D eigenvalue weighted by molar-refractivity contribution is 0.255. The van der Waals surface area contributed by atoms with Gasteiger partial charge in [0.05, 0.1) is 0 Å². The van der Waals surface area contributed by atoms with E-state index in [0.29, 0.717) is 6.04 Å². The van der Waals surface area contributed by atoms with Gasteiger partial charge in [-0.05, 0) is 48.9 Å². The normalized spacial score (nSPS) is 13.6. The van der Waals surface area contributed by atoms with Crippen LogP contribution in [0.25, 0.3) is 0 Å². The first-order valence-electron chi connectivity index (χ1n) is 6.91. The lowest BCUT2D eigenvalue weighted by Gasteiger charge is -2.32. The maximum atomic E-state index is 12.8. The maximum absolute atomic E-state index is 12.8. The minimum atomic E-state index is -0.157. The van der Waals surface area contributed by atoms with E-state index < -0.39 is 0 Å². The highest BCUT2D eigenvalue weighted by atomic mass is 19.1. The van der Waals surface area contributed by atoms with Gasteiger partial charge in [0.15, 0.2) is 0 Å². The van der Waals surface area contributed by atoms with Crippen LogP contribution >= 0.6 is 0 Å². The number of rotatable bonds is 6. The van der Waals surface area contributed by atoms with Gasteiger partial charge in [-0.25, -0.2) is 4.39 Å². The molecule has 1 rings (SSSR count). The van der Waals surface area contributed by atoms with Crippen molar-refractivity contribution in [2.45, 2.75) is 53.0 Å². The van der Waals surface area contributed by atoms with Crippen LogP contribution in [-0.2, 0) is 6.42 Å². The molecule has 1 unspecified atom stereocenters. The first kappa shape index (κ1) is 15.2. The van der Waals surface area contributed by atoms with Crippen LogP contribution in [-0.4, -0.2) is 12.6 Å². The van der Waals surface area contributed by atoms with E-state index in [1.54, 1.807) is 12.1 Å². The fourth-order valence-electron chi connectivity index (χ4n) is 2.12. The predicted molar refractivity (Wildman–Crippen MR) is 76.3 cm³/mol. The molecule has 1 atom stereocenters. The van der Waals surface area contributed by atoms with E-state index in [9.17, 15) is 4.39 Å². The van der Waals surface area contributed by atoms with Crippen LogP contribution in [0, 0.1) is 11.2 Å². The molecule has 1 N–H and O–H groups in total. The zero-order chi connectivity index (χ0) is 13.6. The van der Waals surface area contributed by atoms with Gasteiger partial charge in [-0.15, -0.1) is 0 Å². The Hall–Kier alpha value is -0.890. The Labute approximate surface area is 111 Å². The Morgan fingerprint density at radius 1 is 1.17 bits per heavy atom. The summed E-state index contributed by atoms with van der Waals surface area (Å²) < 4.78 is 12.8. The molecule has 0 radical (unpaired) electrons. The van der Waals surface area contributed by atoms with Crippen LogP contribution in [0.2, 0.25) is 0 Å². The standard InChI is InChI=1S/C16H26FN/c1-5-12-18-15(16(2,3)4)11-8-13-6-9-14(17)10-7-13/h6-7,9-10,15,18H,5,8,11-12H2,1-4H3. The van der Waals surface area contributed by atoms with Crippen molar-refractivity contribution >= 4 is 0 Å². The number of hydrogen-bond donors (Lipinski definition) is 1. The van der Waals surface area contributed by atoms with Crippen LogP contribution in [0.4, 0.5) is 4.39 Å². The SMILES string of the molecule is CCCNC(CCc1ccc(F)cc1)C(C)(C)C. The van der Waals surface area contributed by atoms with Gasteiger partial charge in [0.2, 0.25) is 0 Å². The molecule has 0 heterocycles. The number of hydrogen-bond acceptors (Lipinski definition) is 1. The molecule has 0 fully saturated rings. The van der Waals surface area contributed by atoms with Crippen molar-refractivity contribution in [3.05, 3.63) is 35.6 Å². The first-order valence-corrected chi connectivity index (χ1v) is 6.91. The Bertz CT molecular complexity index is 337. The molecule has 18 heavy (non-hydrogen) atoms. The molecule has 1 nitrogen and oxygen atoms in total. The van der Waals surface area contributed by atoms with Crippen LogP contribution in [0.15, 0.2) is 24.3 Å². The van der Waals surface area contributed by atoms with Crippen molar-refractivity contribution in [1.82, 2.24) is 5.32 Å². The van der Waals surface area contributed by atoms with Crippen molar-refractivity contribution in [2.24, 2.45) is 5.41 Å². The number of halogens is 1. The second-order valence-electron chi connectivity index (χ2n) is 6.04. The quantitative estimate of drug-likeness (QED) is 0.800. The first-order chi connectivity index (χ1) is 8.43. The zero-order valence-electron chi connectivity index (χ0n) is 12.1. The number of nitrogens with one attached hydrogen (secondary N) is 1. The molecule has 0 aliphatic rings. The summed E-state index contributed by atoms with van der Waals surface area (Å²) >= 11 is 0. The lowest BCUT2D eigenvalue weighted by Crippen LogP contribution is -2.41. The molecule has 1 aromatic rings. The molecule has 0 spiro atoms. The minimum Gasteiger partial charge on any atom is -0.313 e. The van der Waals surface area contributed by atoms with Crippen LogP contribution in [0.1, 0.15) is 46.1 Å². The van der Waals surface area contributed by atoms with Gasteiger partial charge >= 0.3 is 0 Å². The highest BCUT2D eigenvalue weighted by molar-refractivity contribution is 5.16. The Morgan fingerprint density at radius 2 is 1.78 bits per heavy atom. The van der Waals surface area contributed by atoms with Crippen molar-refractivity contribution in [1.29, 1.82) is 0 Å². The molecule has 0 aliphatic carbocycles. The monoisotopic (exact) mass is 251 g/mol. The van der Waals surface area contributed by atoms with E-state index in [1.807, 2.05) is 12.1 Å². The molecule has 0 saturated heterocycles. The van der Waals surface area contributed by atoms with Gasteiger partial charge in [0.1, 0.15) is 5.82 Å². The average molecular weight is 251 g/mol. The van der Waals surface area contributed by atoms with Crippen molar-refractivity contribution in [3.63, 3.8) is 0 Å². The largest absolute Gasteiger partial charge is 0.313 e. The second-order valence-corrected chi connectivity index (χ2v) is 6.04. The van der Waals surface area contributed by atoms with E-state index in [1.165, 1.54) is 5.56 Å². The molecular weight excluding hydrogens is 225 g/mol. The number of benzene rings is 1. The summed E-state index contributed by atoms with van der Waals surface area (Å²) in [6, 6.07) is 7.36. The van der Waals surface area contributed by atoms with E-state index in [2.05, 4.69) is 33.0 Å². The summed E-state index contributed by atoms with van der Waals surface area (Å²) in [6.07, 6.45) is 3.25. The third-order valence-electron chi connectivity index (χ3n) is 3.32. The van der Waals surface area contributed by atoms with E-state index in [4.69, 9.17) is 0 Å². The van der Waals surface area contributed by atoms with Crippen molar-refractivity contribution in [2.75, 3.05) is 6.54 Å². The molecule has 0 amide bonds. The van der Waals surface area contributed by atoms with Crippen LogP contribution in [0.3, 0.4) is 0 Å². The van der Waals surface area contributed by atoms with Crippen molar-refractivity contribution in [3.8, 4) is 0 Å². The summed E-state index contributed by atoms with van der Waals surface area (Å²) in [5, 5.41) is 3.62. The van der Waals surface area contributed by atoms with Gasteiger partial charge in [-0.3, -0.25) is 0 Å². The average Bonchev–Trinajstić information content (AvgIpc) is 2.30. The van der Waals surface area contributed by atoms with Crippen molar-refractivity contribution < 1.29 is 4.39 Å². The third kappa shape index (κ3) is 5.18. The fourth-order valence-corrected chi connectivity index (χ4v) is 2.12. The molecule has 0 aliphatic heterocycles. The van der Waals surface area contributed by atoms with Gasteiger partial charge in [0.25, 0.3) is 0 Å². The molecule has 102 valence electrons. The number of aryl methyl sites for hydroxylation is 1. The summed E-state index contributed by atoms with van der Waals surface area (Å²) in [5.74, 6) is -0.157. The Balaban J connectivity index is 2.53. The van der Waals surface area contributed by atoms with E-state index in [-0.39, 0.29) is 11.2 Å². The Kier molecular flexibility index (Phi) is 5.80. The van der Waals surface area contributed by atoms with E-state index in [0.717, 1.165) is 25.8 Å². The minimum absolute atomic E-state index is 0.157. The molecular formula is C16H26FN. The second kappa shape index (κ2) is 6.89. The molecule has 0 bridgehead atoms. The smallest absolute Gasteiger partial charge is 0.123 e. The maximum Gasteiger partial charge on any atom is 0.123 e. The van der Waals surface area contributed by atoms with Crippen LogP contribution in [0.5, 0.6) is 0 Å². The lowest BCUT2D eigenvalue weighted by atomic mass is 9.83. The molecule has 0 aromatic heterocycles. The fraction of sp³-hybridized carbons (Fsp3) is 0.625. The zero-order valence-corrected chi connectivity index (χ0v) is 12.1. The van der Waals surface area contributed by atoms with Gasteiger partial charge in [0, 0.05) is 6.04 Å². The summed E-state index contributed by atoms with van der Waals surface area (Å²) in [7, 11) is 0. The van der Waals surface area contributed by atoms with E-state index >= 15 is 0 Å². The summed E-state index contributed by atoms with van der Waals surface area (Å²) in [4.78, 5) is 0. The molecule has 2 heteroatoms. The van der Waals surface area contributed by atoms with Gasteiger partial charge in [-0.1, -0.05) is 39.8 Å². The highest BCUT2D eigenvalue weighted by Gasteiger charge is 2.23. The molecule has 1 aromatic carbocycles. The van der Waals surface area contributed by atoms with Crippen LogP contribution < -0.4 is 5.32 Å². The highest BCUT2D eigenvalue weighted by Crippen LogP contribution is 2.23. The Morgan fingerprint density at radius 3 is 2.28 bits per heavy atom. The summed E-state index contributed by atoms with van der Waals surface area (Å²) in [5.41, 5.74) is 1.47. The molecule has 0 saturated carbocycles. The topological polar surface area (TPSA) is 12.0 Å². The summed E-state index contributed by atoms with van der Waals surface area (Å²) in [6.45, 7) is 10.1.